The number of carbonyl (C=O) groups is 1. The summed E-state index contributed by atoms with van der Waals surface area (Å²) in [6.45, 7) is 2.75. The summed E-state index contributed by atoms with van der Waals surface area (Å²) in [6.07, 6.45) is 2.25. The molecule has 1 N–H and O–H groups in total. The molecule has 0 aliphatic carbocycles. The molecular weight excluding hydrogens is 480 g/mol. The van der Waals surface area contributed by atoms with Crippen molar-refractivity contribution < 1.29 is 14.3 Å². The molecule has 1 heterocycles. The van der Waals surface area contributed by atoms with Gasteiger partial charge in [-0.3, -0.25) is 10.1 Å². The normalized spacial score (nSPS) is 10.9. The lowest BCUT2D eigenvalue weighted by Crippen LogP contribution is -2.13. The van der Waals surface area contributed by atoms with E-state index in [1.165, 1.54) is 17.4 Å². The maximum absolute atomic E-state index is 12.3. The molecule has 158 valence electrons. The van der Waals surface area contributed by atoms with Crippen LogP contribution < -0.4 is 14.8 Å². The first-order chi connectivity index (χ1) is 15.1. The Kier molecular flexibility index (Phi) is 8.15. The third-order valence-corrected chi connectivity index (χ3v) is 5.49. The van der Waals surface area contributed by atoms with E-state index in [9.17, 15) is 10.1 Å². The Morgan fingerprint density at radius 2 is 1.71 bits per heavy atom. The number of rotatable bonds is 9. The summed E-state index contributed by atoms with van der Waals surface area (Å²) >= 11 is 4.67. The maximum atomic E-state index is 12.3. The molecular formula is C22H19BrN4O3S. The highest BCUT2D eigenvalue weighted by atomic mass is 79.9. The van der Waals surface area contributed by atoms with E-state index >= 15 is 0 Å². The zero-order valence-corrected chi connectivity index (χ0v) is 19.1. The van der Waals surface area contributed by atoms with Crippen molar-refractivity contribution in [1.82, 2.24) is 10.2 Å². The van der Waals surface area contributed by atoms with Crippen molar-refractivity contribution in [3.05, 3.63) is 69.1 Å². The molecule has 0 spiro atoms. The molecule has 7 nitrogen and oxygen atoms in total. The van der Waals surface area contributed by atoms with Gasteiger partial charge < -0.3 is 9.47 Å². The van der Waals surface area contributed by atoms with Gasteiger partial charge in [0.1, 0.15) is 41.4 Å². The van der Waals surface area contributed by atoms with E-state index in [1.54, 1.807) is 24.3 Å². The highest BCUT2D eigenvalue weighted by molar-refractivity contribution is 9.10. The zero-order valence-electron chi connectivity index (χ0n) is 16.7. The van der Waals surface area contributed by atoms with Gasteiger partial charge in [0.25, 0.3) is 5.91 Å². The van der Waals surface area contributed by atoms with Gasteiger partial charge in [-0.05, 0) is 54.5 Å². The number of aromatic nitrogens is 2. The average Bonchev–Trinajstić information content (AvgIpc) is 3.24. The van der Waals surface area contributed by atoms with Crippen LogP contribution in [0.15, 0.2) is 58.6 Å². The van der Waals surface area contributed by atoms with Crippen molar-refractivity contribution in [3.8, 4) is 17.6 Å². The number of amides is 1. The lowest BCUT2D eigenvalue weighted by molar-refractivity contribution is -0.112. The van der Waals surface area contributed by atoms with E-state index in [-0.39, 0.29) is 5.57 Å². The van der Waals surface area contributed by atoms with Crippen LogP contribution in [0, 0.1) is 11.3 Å². The van der Waals surface area contributed by atoms with Gasteiger partial charge >= 0.3 is 0 Å². The first-order valence-corrected chi connectivity index (χ1v) is 11.0. The molecule has 9 heteroatoms. The first kappa shape index (κ1) is 22.5. The quantitative estimate of drug-likeness (QED) is 0.257. The number of hydrogen-bond acceptors (Lipinski definition) is 7. The summed E-state index contributed by atoms with van der Waals surface area (Å²) in [4.78, 5) is 12.3. The summed E-state index contributed by atoms with van der Waals surface area (Å²) in [5, 5.41) is 21.0. The molecule has 1 aromatic heterocycles. The number of nitriles is 1. The van der Waals surface area contributed by atoms with E-state index in [4.69, 9.17) is 9.47 Å². The Labute approximate surface area is 192 Å². The number of nitrogens with one attached hydrogen (secondary N) is 1. The lowest BCUT2D eigenvalue weighted by atomic mass is 10.1. The molecule has 0 aliphatic heterocycles. The van der Waals surface area contributed by atoms with Crippen LogP contribution in [0.3, 0.4) is 0 Å². The average molecular weight is 499 g/mol. The van der Waals surface area contributed by atoms with Crippen LogP contribution in [0.2, 0.25) is 0 Å². The standard InChI is InChI=1S/C22H19BrN4O3S/c1-2-20-26-27-22(31-20)25-21(28)16(14-24)13-15-3-7-18(8-4-15)29-11-12-30-19-9-5-17(23)6-10-19/h3-10,13H,2,11-12H2,1H3,(H,25,27,28)/b16-13-. The van der Waals surface area contributed by atoms with Crippen molar-refractivity contribution >= 4 is 44.4 Å². The van der Waals surface area contributed by atoms with Crippen LogP contribution >= 0.6 is 27.3 Å². The largest absolute Gasteiger partial charge is 0.490 e. The molecule has 3 aromatic rings. The third-order valence-electron chi connectivity index (χ3n) is 3.98. The second-order valence-corrected chi connectivity index (χ2v) is 8.18. The molecule has 0 bridgehead atoms. The molecule has 0 saturated heterocycles. The van der Waals surface area contributed by atoms with Gasteiger partial charge in [-0.25, -0.2) is 0 Å². The van der Waals surface area contributed by atoms with Gasteiger partial charge in [0.05, 0.1) is 0 Å². The zero-order chi connectivity index (χ0) is 22.1. The van der Waals surface area contributed by atoms with E-state index in [0.29, 0.717) is 29.7 Å². The number of carbonyl (C=O) groups excluding carboxylic acids is 1. The van der Waals surface area contributed by atoms with Crippen LogP contribution in [-0.4, -0.2) is 29.3 Å². The van der Waals surface area contributed by atoms with Crippen molar-refractivity contribution in [2.24, 2.45) is 0 Å². The fourth-order valence-corrected chi connectivity index (χ4v) is 3.38. The molecule has 0 aliphatic rings. The lowest BCUT2D eigenvalue weighted by Gasteiger charge is -2.08. The third kappa shape index (κ3) is 6.91. The predicted octanol–water partition coefficient (Wildman–Crippen LogP) is 4.87. The molecule has 3 rings (SSSR count). The Hall–Kier alpha value is -3.22. The molecule has 0 fully saturated rings. The van der Waals surface area contributed by atoms with Crippen molar-refractivity contribution in [3.63, 3.8) is 0 Å². The van der Waals surface area contributed by atoms with Crippen LogP contribution in [0.4, 0.5) is 5.13 Å². The Morgan fingerprint density at radius 3 is 2.26 bits per heavy atom. The first-order valence-electron chi connectivity index (χ1n) is 9.44. The number of ether oxygens (including phenoxy) is 2. The number of benzene rings is 2. The van der Waals surface area contributed by atoms with E-state index < -0.39 is 5.91 Å². The Balaban J connectivity index is 1.51. The Bertz CT molecular complexity index is 1090. The molecule has 0 radical (unpaired) electrons. The Morgan fingerprint density at radius 1 is 1.10 bits per heavy atom. The summed E-state index contributed by atoms with van der Waals surface area (Å²) in [6, 6.07) is 16.6. The fourth-order valence-electron chi connectivity index (χ4n) is 2.44. The monoisotopic (exact) mass is 498 g/mol. The van der Waals surface area contributed by atoms with Crippen LogP contribution in [0.5, 0.6) is 11.5 Å². The van der Waals surface area contributed by atoms with Crippen LogP contribution in [0.25, 0.3) is 6.08 Å². The molecule has 31 heavy (non-hydrogen) atoms. The number of anilines is 1. The summed E-state index contributed by atoms with van der Waals surface area (Å²) in [7, 11) is 0. The second-order valence-electron chi connectivity index (χ2n) is 6.20. The van der Waals surface area contributed by atoms with E-state index in [2.05, 4.69) is 31.4 Å². The van der Waals surface area contributed by atoms with E-state index in [0.717, 1.165) is 21.7 Å². The van der Waals surface area contributed by atoms with Crippen molar-refractivity contribution in [1.29, 1.82) is 5.26 Å². The minimum atomic E-state index is -0.522. The van der Waals surface area contributed by atoms with Crippen molar-refractivity contribution in [2.75, 3.05) is 18.5 Å². The number of aryl methyl sites for hydroxylation is 1. The van der Waals surface area contributed by atoms with Crippen molar-refractivity contribution in [2.45, 2.75) is 13.3 Å². The van der Waals surface area contributed by atoms with Gasteiger partial charge in [0.15, 0.2) is 0 Å². The summed E-state index contributed by atoms with van der Waals surface area (Å²) in [5.41, 5.74) is 0.682. The van der Waals surface area contributed by atoms with Gasteiger partial charge in [0.2, 0.25) is 5.13 Å². The molecule has 1 amide bonds. The summed E-state index contributed by atoms with van der Waals surface area (Å²) < 4.78 is 12.3. The minimum Gasteiger partial charge on any atom is -0.490 e. The smallest absolute Gasteiger partial charge is 0.268 e. The topological polar surface area (TPSA) is 97.1 Å². The number of hydrogen-bond donors (Lipinski definition) is 1. The summed E-state index contributed by atoms with van der Waals surface area (Å²) in [5.74, 6) is 0.918. The second kappa shape index (κ2) is 11.2. The maximum Gasteiger partial charge on any atom is 0.268 e. The van der Waals surface area contributed by atoms with Gasteiger partial charge in [-0.2, -0.15) is 5.26 Å². The molecule has 0 saturated carbocycles. The number of halogens is 1. The predicted molar refractivity (Wildman–Crippen MR) is 123 cm³/mol. The number of nitrogens with zero attached hydrogens (tertiary/aromatic N) is 3. The van der Waals surface area contributed by atoms with Crippen LogP contribution in [-0.2, 0) is 11.2 Å². The molecule has 0 atom stereocenters. The van der Waals surface area contributed by atoms with Crippen LogP contribution in [0.1, 0.15) is 17.5 Å². The highest BCUT2D eigenvalue weighted by Gasteiger charge is 2.12. The van der Waals surface area contributed by atoms with Gasteiger partial charge in [-0.15, -0.1) is 10.2 Å². The fraction of sp³-hybridized carbons (Fsp3) is 0.182. The van der Waals surface area contributed by atoms with Gasteiger partial charge in [-0.1, -0.05) is 46.3 Å². The molecule has 0 unspecified atom stereocenters. The van der Waals surface area contributed by atoms with Gasteiger partial charge in [0, 0.05) is 4.47 Å². The SMILES string of the molecule is CCc1nnc(NC(=O)/C(C#N)=C\c2ccc(OCCOc3ccc(Br)cc3)cc2)s1. The van der Waals surface area contributed by atoms with E-state index in [1.807, 2.05) is 37.3 Å². The highest BCUT2D eigenvalue weighted by Crippen LogP contribution is 2.19. The minimum absolute atomic E-state index is 0.0233. The molecule has 2 aromatic carbocycles.